The molecule has 2 heterocycles. The SMILES string of the molecule is CCc1ccsc1-c1nnnn1C(C)(C)C(=O)O. The maximum absolute atomic E-state index is 11.3. The summed E-state index contributed by atoms with van der Waals surface area (Å²) in [5, 5.41) is 22.6. The molecule has 0 fully saturated rings. The van der Waals surface area contributed by atoms with Crippen molar-refractivity contribution in [2.24, 2.45) is 0 Å². The molecule has 0 bridgehead atoms. The predicted octanol–water partition coefficient (Wildman–Crippen LogP) is 1.78. The number of aromatic nitrogens is 4. The number of aryl methyl sites for hydroxylation is 1. The van der Waals surface area contributed by atoms with Gasteiger partial charge < -0.3 is 5.11 Å². The molecule has 2 aromatic heterocycles. The zero-order chi connectivity index (χ0) is 13.3. The highest BCUT2D eigenvalue weighted by Crippen LogP contribution is 2.30. The summed E-state index contributed by atoms with van der Waals surface area (Å²) in [6.07, 6.45) is 0.860. The van der Waals surface area contributed by atoms with Crippen LogP contribution in [0.5, 0.6) is 0 Å². The van der Waals surface area contributed by atoms with E-state index in [1.807, 2.05) is 18.4 Å². The maximum atomic E-state index is 11.3. The van der Waals surface area contributed by atoms with Crippen LogP contribution in [0.2, 0.25) is 0 Å². The van der Waals surface area contributed by atoms with E-state index in [2.05, 4.69) is 15.5 Å². The van der Waals surface area contributed by atoms with Crippen molar-refractivity contribution in [1.29, 1.82) is 0 Å². The summed E-state index contributed by atoms with van der Waals surface area (Å²) in [6.45, 7) is 5.20. The molecule has 0 atom stereocenters. The standard InChI is InChI=1S/C11H14N4O2S/c1-4-7-5-6-18-8(7)9-12-13-14-15(9)11(2,3)10(16)17/h5-6H,4H2,1-3H3,(H,16,17). The molecule has 0 aliphatic rings. The van der Waals surface area contributed by atoms with Gasteiger partial charge in [0.1, 0.15) is 0 Å². The molecule has 0 radical (unpaired) electrons. The quantitative estimate of drug-likeness (QED) is 0.912. The van der Waals surface area contributed by atoms with Gasteiger partial charge in [-0.2, -0.15) is 0 Å². The lowest BCUT2D eigenvalue weighted by Gasteiger charge is -2.20. The first-order chi connectivity index (χ1) is 8.48. The van der Waals surface area contributed by atoms with Gasteiger partial charge in [0.05, 0.1) is 4.88 Å². The Morgan fingerprint density at radius 3 is 2.89 bits per heavy atom. The average Bonchev–Trinajstić information content (AvgIpc) is 2.96. The van der Waals surface area contributed by atoms with Gasteiger partial charge in [0.25, 0.3) is 0 Å². The van der Waals surface area contributed by atoms with Gasteiger partial charge in [0.15, 0.2) is 11.4 Å². The van der Waals surface area contributed by atoms with Crippen LogP contribution in [-0.2, 0) is 16.8 Å². The number of hydrogen-bond donors (Lipinski definition) is 1. The topological polar surface area (TPSA) is 80.9 Å². The molecule has 6 nitrogen and oxygen atoms in total. The van der Waals surface area contributed by atoms with Crippen molar-refractivity contribution in [2.45, 2.75) is 32.7 Å². The molecule has 18 heavy (non-hydrogen) atoms. The lowest BCUT2D eigenvalue weighted by molar-refractivity contribution is -0.146. The van der Waals surface area contributed by atoms with Gasteiger partial charge in [-0.05, 0) is 47.7 Å². The van der Waals surface area contributed by atoms with E-state index < -0.39 is 11.5 Å². The number of carboxylic acid groups (broad SMARTS) is 1. The monoisotopic (exact) mass is 266 g/mol. The van der Waals surface area contributed by atoms with E-state index in [-0.39, 0.29) is 0 Å². The second-order valence-corrected chi connectivity index (χ2v) is 5.32. The van der Waals surface area contributed by atoms with Crippen LogP contribution in [0.1, 0.15) is 26.3 Å². The number of thiophene rings is 1. The van der Waals surface area contributed by atoms with Gasteiger partial charge in [0.2, 0.25) is 0 Å². The minimum absolute atomic E-state index is 0.509. The van der Waals surface area contributed by atoms with E-state index in [0.717, 1.165) is 16.9 Å². The number of rotatable bonds is 4. The van der Waals surface area contributed by atoms with Gasteiger partial charge in [0, 0.05) is 0 Å². The minimum atomic E-state index is -1.17. The molecule has 7 heteroatoms. The van der Waals surface area contributed by atoms with Crippen molar-refractivity contribution in [3.05, 3.63) is 17.0 Å². The Morgan fingerprint density at radius 2 is 2.28 bits per heavy atom. The molecule has 2 aromatic rings. The summed E-state index contributed by atoms with van der Waals surface area (Å²) in [5.74, 6) is -0.458. The van der Waals surface area contributed by atoms with Gasteiger partial charge in [-0.1, -0.05) is 6.92 Å². The third-order valence-corrected chi connectivity index (χ3v) is 3.81. The van der Waals surface area contributed by atoms with Crippen LogP contribution in [0.25, 0.3) is 10.7 Å². The Kier molecular flexibility index (Phi) is 3.16. The zero-order valence-corrected chi connectivity index (χ0v) is 11.2. The van der Waals surface area contributed by atoms with E-state index in [0.29, 0.717) is 5.82 Å². The normalized spacial score (nSPS) is 11.7. The van der Waals surface area contributed by atoms with Crippen molar-refractivity contribution in [3.8, 4) is 10.7 Å². The fourth-order valence-electron chi connectivity index (χ4n) is 1.61. The highest BCUT2D eigenvalue weighted by Gasteiger charge is 2.34. The Hall–Kier alpha value is -1.76. The molecule has 0 aliphatic carbocycles. The van der Waals surface area contributed by atoms with Gasteiger partial charge in [-0.3, -0.25) is 0 Å². The minimum Gasteiger partial charge on any atom is -0.479 e. The van der Waals surface area contributed by atoms with Crippen molar-refractivity contribution in [1.82, 2.24) is 20.2 Å². The first-order valence-electron chi connectivity index (χ1n) is 5.57. The van der Waals surface area contributed by atoms with Crippen LogP contribution in [0.4, 0.5) is 0 Å². The third kappa shape index (κ3) is 1.90. The summed E-state index contributed by atoms with van der Waals surface area (Å²) >= 11 is 1.52. The van der Waals surface area contributed by atoms with Gasteiger partial charge >= 0.3 is 5.97 Å². The molecular weight excluding hydrogens is 252 g/mol. The predicted molar refractivity (Wildman–Crippen MR) is 67.5 cm³/mol. The van der Waals surface area contributed by atoms with Gasteiger partial charge in [-0.15, -0.1) is 16.4 Å². The lowest BCUT2D eigenvalue weighted by Crippen LogP contribution is -2.37. The Balaban J connectivity index is 2.55. The molecule has 0 unspecified atom stereocenters. The Labute approximate surface area is 108 Å². The fourth-order valence-corrected chi connectivity index (χ4v) is 2.57. The summed E-state index contributed by atoms with van der Waals surface area (Å²) < 4.78 is 1.36. The summed E-state index contributed by atoms with van der Waals surface area (Å²) in [7, 11) is 0. The summed E-state index contributed by atoms with van der Waals surface area (Å²) in [4.78, 5) is 12.2. The first kappa shape index (κ1) is 12.7. The van der Waals surface area contributed by atoms with Crippen molar-refractivity contribution in [3.63, 3.8) is 0 Å². The van der Waals surface area contributed by atoms with Gasteiger partial charge in [-0.25, -0.2) is 9.48 Å². The smallest absolute Gasteiger partial charge is 0.331 e. The maximum Gasteiger partial charge on any atom is 0.331 e. The third-order valence-electron chi connectivity index (χ3n) is 2.85. The summed E-state index contributed by atoms with van der Waals surface area (Å²) in [6, 6.07) is 2.01. The van der Waals surface area contributed by atoms with E-state index in [1.54, 1.807) is 13.8 Å². The molecule has 1 N–H and O–H groups in total. The molecule has 0 spiro atoms. The van der Waals surface area contributed by atoms with E-state index in [1.165, 1.54) is 16.0 Å². The molecule has 96 valence electrons. The highest BCUT2D eigenvalue weighted by atomic mass is 32.1. The van der Waals surface area contributed by atoms with Crippen LogP contribution in [0.15, 0.2) is 11.4 Å². The number of tetrazole rings is 1. The number of aliphatic carboxylic acids is 1. The van der Waals surface area contributed by atoms with E-state index in [9.17, 15) is 9.90 Å². The van der Waals surface area contributed by atoms with Crippen molar-refractivity contribution < 1.29 is 9.90 Å². The first-order valence-corrected chi connectivity index (χ1v) is 6.45. The number of carbonyl (C=O) groups is 1. The van der Waals surface area contributed by atoms with E-state index in [4.69, 9.17) is 0 Å². The van der Waals surface area contributed by atoms with Crippen molar-refractivity contribution in [2.75, 3.05) is 0 Å². The molecule has 0 amide bonds. The largest absolute Gasteiger partial charge is 0.479 e. The molecule has 0 aromatic carbocycles. The highest BCUT2D eigenvalue weighted by molar-refractivity contribution is 7.13. The van der Waals surface area contributed by atoms with Crippen LogP contribution >= 0.6 is 11.3 Å². The second-order valence-electron chi connectivity index (χ2n) is 4.41. The second kappa shape index (κ2) is 4.49. The number of carboxylic acids is 1. The molecule has 2 rings (SSSR count). The van der Waals surface area contributed by atoms with Crippen molar-refractivity contribution >= 4 is 17.3 Å². The Morgan fingerprint density at radius 1 is 1.56 bits per heavy atom. The average molecular weight is 266 g/mol. The zero-order valence-electron chi connectivity index (χ0n) is 10.4. The molecular formula is C11H14N4O2S. The summed E-state index contributed by atoms with van der Waals surface area (Å²) in [5.41, 5.74) is -0.0503. The molecule has 0 saturated heterocycles. The Bertz CT molecular complexity index is 573. The number of hydrogen-bond acceptors (Lipinski definition) is 5. The molecule has 0 aliphatic heterocycles. The van der Waals surface area contributed by atoms with Crippen LogP contribution in [0, 0.1) is 0 Å². The lowest BCUT2D eigenvalue weighted by atomic mass is 10.1. The van der Waals surface area contributed by atoms with Crippen LogP contribution in [-0.4, -0.2) is 31.3 Å². The van der Waals surface area contributed by atoms with E-state index >= 15 is 0 Å². The number of nitrogens with zero attached hydrogens (tertiary/aromatic N) is 4. The molecule has 0 saturated carbocycles. The fraction of sp³-hybridized carbons (Fsp3) is 0.455. The van der Waals surface area contributed by atoms with Crippen LogP contribution < -0.4 is 0 Å². The van der Waals surface area contributed by atoms with Crippen LogP contribution in [0.3, 0.4) is 0 Å².